The number of halogens is 1. The van der Waals surface area contributed by atoms with Gasteiger partial charge in [-0.25, -0.2) is 9.97 Å². The molecule has 2 aromatic heterocycles. The molecule has 5 heterocycles. The summed E-state index contributed by atoms with van der Waals surface area (Å²) in [5, 5.41) is 3.68. The first-order valence-corrected chi connectivity index (χ1v) is 9.62. The van der Waals surface area contributed by atoms with Crippen molar-refractivity contribution in [2.24, 2.45) is 11.8 Å². The number of rotatable bonds is 4. The van der Waals surface area contributed by atoms with Crippen molar-refractivity contribution < 1.29 is 9.53 Å². The van der Waals surface area contributed by atoms with E-state index in [4.69, 9.17) is 16.3 Å². The lowest BCUT2D eigenvalue weighted by Crippen LogP contribution is -2.42. The van der Waals surface area contributed by atoms with Crippen molar-refractivity contribution in [3.63, 3.8) is 0 Å². The number of carbonyl (C=O) groups excluding carboxylic acids is 1. The van der Waals surface area contributed by atoms with Crippen LogP contribution in [0.5, 0.6) is 0 Å². The van der Waals surface area contributed by atoms with Crippen molar-refractivity contribution in [1.29, 1.82) is 0 Å². The second kappa shape index (κ2) is 6.42. The molecule has 7 nitrogen and oxygen atoms in total. The van der Waals surface area contributed by atoms with Gasteiger partial charge in [0.1, 0.15) is 11.5 Å². The maximum absolute atomic E-state index is 12.3. The summed E-state index contributed by atoms with van der Waals surface area (Å²) in [6.07, 6.45) is 8.62. The summed E-state index contributed by atoms with van der Waals surface area (Å²) in [7, 11) is 0. The molecule has 1 N–H and O–H groups in total. The largest absolute Gasteiger partial charge is 0.369 e. The first-order chi connectivity index (χ1) is 13.2. The fourth-order valence-electron chi connectivity index (χ4n) is 4.95. The van der Waals surface area contributed by atoms with Crippen LogP contribution in [-0.4, -0.2) is 52.2 Å². The minimum Gasteiger partial charge on any atom is -0.369 e. The number of fused-ring (bicyclic) bond motifs is 1. The Hall–Kier alpha value is -2.25. The molecule has 3 aliphatic rings. The first-order valence-electron chi connectivity index (χ1n) is 9.24. The molecule has 1 amide bonds. The molecule has 3 saturated heterocycles. The molecule has 27 heavy (non-hydrogen) atoms. The van der Waals surface area contributed by atoms with Gasteiger partial charge in [-0.3, -0.25) is 9.78 Å². The Kier molecular flexibility index (Phi) is 4.02. The summed E-state index contributed by atoms with van der Waals surface area (Å²) < 4.78 is 6.43. The fraction of sp³-hybridized carbons (Fsp3) is 0.474. The molecular weight excluding hydrogens is 366 g/mol. The number of hydrogen-bond donors (Lipinski definition) is 1. The van der Waals surface area contributed by atoms with E-state index >= 15 is 0 Å². The Balaban J connectivity index is 1.31. The van der Waals surface area contributed by atoms with Gasteiger partial charge in [0.2, 0.25) is 0 Å². The average molecular weight is 386 g/mol. The number of amides is 1. The molecule has 3 aliphatic heterocycles. The van der Waals surface area contributed by atoms with Crippen LogP contribution in [0.4, 0.5) is 5.82 Å². The van der Waals surface area contributed by atoms with Crippen LogP contribution in [0.3, 0.4) is 0 Å². The Bertz CT molecular complexity index is 866. The van der Waals surface area contributed by atoms with Crippen molar-refractivity contribution in [2.45, 2.75) is 24.5 Å². The van der Waals surface area contributed by atoms with Gasteiger partial charge in [0.15, 0.2) is 0 Å². The summed E-state index contributed by atoms with van der Waals surface area (Å²) >= 11 is 6.35. The smallest absolute Gasteiger partial charge is 0.271 e. The average Bonchev–Trinajstić information content (AvgIpc) is 3.35. The van der Waals surface area contributed by atoms with Crippen molar-refractivity contribution in [3.05, 3.63) is 47.6 Å². The van der Waals surface area contributed by atoms with Gasteiger partial charge in [-0.2, -0.15) is 0 Å². The van der Waals surface area contributed by atoms with Crippen molar-refractivity contribution in [3.8, 4) is 0 Å². The van der Waals surface area contributed by atoms with E-state index in [0.717, 1.165) is 31.7 Å². The van der Waals surface area contributed by atoms with Crippen LogP contribution in [-0.2, 0) is 4.74 Å². The number of pyridine rings is 1. The highest BCUT2D eigenvalue weighted by Crippen LogP contribution is 2.55. The highest BCUT2D eigenvalue weighted by molar-refractivity contribution is 6.32. The Labute approximate surface area is 162 Å². The third-order valence-corrected chi connectivity index (χ3v) is 6.41. The van der Waals surface area contributed by atoms with Crippen LogP contribution in [0.15, 0.2) is 36.9 Å². The van der Waals surface area contributed by atoms with Crippen LogP contribution in [0, 0.1) is 11.8 Å². The molecule has 0 radical (unpaired) electrons. The van der Waals surface area contributed by atoms with Crippen molar-refractivity contribution in [1.82, 2.24) is 20.3 Å². The Morgan fingerprint density at radius 2 is 2.30 bits per heavy atom. The van der Waals surface area contributed by atoms with Gasteiger partial charge in [0.25, 0.3) is 5.91 Å². The zero-order chi connectivity index (χ0) is 18.4. The summed E-state index contributed by atoms with van der Waals surface area (Å²) in [6.45, 7) is 2.23. The van der Waals surface area contributed by atoms with E-state index < -0.39 is 0 Å². The molecule has 0 saturated carbocycles. The number of carbonyl (C=O) groups is 1. The van der Waals surface area contributed by atoms with Crippen LogP contribution >= 0.6 is 11.6 Å². The number of anilines is 1. The number of nitrogens with one attached hydrogen (secondary N) is 1. The van der Waals surface area contributed by atoms with Gasteiger partial charge in [-0.1, -0.05) is 11.6 Å². The molecule has 1 spiro atoms. The van der Waals surface area contributed by atoms with Gasteiger partial charge in [-0.15, -0.1) is 0 Å². The van der Waals surface area contributed by atoms with E-state index in [1.807, 2.05) is 12.1 Å². The summed E-state index contributed by atoms with van der Waals surface area (Å²) in [6, 6.07) is 3.71. The quantitative estimate of drug-likeness (QED) is 0.866. The van der Waals surface area contributed by atoms with E-state index in [1.165, 1.54) is 12.4 Å². The Morgan fingerprint density at radius 3 is 3.11 bits per heavy atom. The van der Waals surface area contributed by atoms with Crippen LogP contribution in [0.25, 0.3) is 0 Å². The van der Waals surface area contributed by atoms with Gasteiger partial charge in [-0.05, 0) is 25.0 Å². The normalized spacial score (nSPS) is 31.1. The number of nitrogens with zero attached hydrogens (tertiary/aromatic N) is 4. The molecule has 2 bridgehead atoms. The molecule has 5 rings (SSSR count). The van der Waals surface area contributed by atoms with Crippen molar-refractivity contribution >= 4 is 23.3 Å². The van der Waals surface area contributed by atoms with E-state index in [-0.39, 0.29) is 23.5 Å². The second-order valence-electron chi connectivity index (χ2n) is 7.52. The third-order valence-electron chi connectivity index (χ3n) is 6.12. The zero-order valence-corrected chi connectivity index (χ0v) is 15.5. The summed E-state index contributed by atoms with van der Waals surface area (Å²) in [5.41, 5.74) is 0.192. The Morgan fingerprint density at radius 1 is 1.37 bits per heavy atom. The summed E-state index contributed by atoms with van der Waals surface area (Å²) in [4.78, 5) is 27.0. The molecule has 4 atom stereocenters. The predicted octanol–water partition coefficient (Wildman–Crippen LogP) is 1.94. The van der Waals surface area contributed by atoms with Crippen LogP contribution < -0.4 is 10.2 Å². The summed E-state index contributed by atoms with van der Waals surface area (Å²) in [5.74, 6) is 1.27. The highest BCUT2D eigenvalue weighted by Gasteiger charge is 2.63. The zero-order valence-electron chi connectivity index (χ0n) is 14.7. The highest BCUT2D eigenvalue weighted by atomic mass is 35.5. The SMILES string of the molecule is O=C(NC[C@H]1[C@H]2CN(c3ncccc3Cl)C[C@]23CC[C@H]1O3)c1cnccn1. The second-order valence-corrected chi connectivity index (χ2v) is 7.93. The van der Waals surface area contributed by atoms with Crippen LogP contribution in [0.1, 0.15) is 23.3 Å². The van der Waals surface area contributed by atoms with Gasteiger partial charge in [0, 0.05) is 50.1 Å². The first kappa shape index (κ1) is 16.9. The maximum Gasteiger partial charge on any atom is 0.271 e. The minimum absolute atomic E-state index is 0.145. The van der Waals surface area contributed by atoms with E-state index in [1.54, 1.807) is 12.4 Å². The molecule has 140 valence electrons. The monoisotopic (exact) mass is 385 g/mol. The van der Waals surface area contributed by atoms with Crippen molar-refractivity contribution in [2.75, 3.05) is 24.5 Å². The molecule has 2 aromatic rings. The molecule has 0 aliphatic carbocycles. The molecule has 3 fully saturated rings. The fourth-order valence-corrected chi connectivity index (χ4v) is 5.19. The van der Waals surface area contributed by atoms with E-state index in [0.29, 0.717) is 23.2 Å². The predicted molar refractivity (Wildman–Crippen MR) is 99.6 cm³/mol. The lowest BCUT2D eigenvalue weighted by Gasteiger charge is -2.29. The molecule has 0 unspecified atom stereocenters. The van der Waals surface area contributed by atoms with E-state index in [2.05, 4.69) is 25.2 Å². The van der Waals surface area contributed by atoms with E-state index in [9.17, 15) is 4.79 Å². The van der Waals surface area contributed by atoms with Crippen LogP contribution in [0.2, 0.25) is 5.02 Å². The molecule has 8 heteroatoms. The molecule has 0 aromatic carbocycles. The standard InChI is InChI=1S/C19H20ClN5O2/c20-14-2-1-5-23-17(14)25-10-13-12(16-3-4-19(13,11-25)27-16)8-24-18(26)15-9-21-6-7-22-15/h1-2,5-7,9,12-13,16H,3-4,8,10-11H2,(H,24,26)/t12-,13+,16+,19+/m0/s1. The maximum atomic E-state index is 12.3. The minimum atomic E-state index is -0.192. The number of hydrogen-bond acceptors (Lipinski definition) is 6. The van der Waals surface area contributed by atoms with Gasteiger partial charge < -0.3 is 15.0 Å². The lowest BCUT2D eigenvalue weighted by atomic mass is 9.73. The number of aromatic nitrogens is 3. The van der Waals surface area contributed by atoms with Gasteiger partial charge >= 0.3 is 0 Å². The topological polar surface area (TPSA) is 80.2 Å². The third kappa shape index (κ3) is 2.76. The number of ether oxygens (including phenoxy) is 1. The lowest BCUT2D eigenvalue weighted by molar-refractivity contribution is 0.0141. The van der Waals surface area contributed by atoms with Gasteiger partial charge in [0.05, 0.1) is 22.9 Å². The molecular formula is C19H20ClN5O2.